The minimum atomic E-state index is -0.370. The molecule has 29 heavy (non-hydrogen) atoms. The summed E-state index contributed by atoms with van der Waals surface area (Å²) in [5, 5.41) is 20.9. The molecule has 5 heteroatoms. The number of pyridine rings is 1. The Morgan fingerprint density at radius 1 is 1.00 bits per heavy atom. The summed E-state index contributed by atoms with van der Waals surface area (Å²) < 4.78 is 0. The molecular formula is C24H22N2O3. The highest BCUT2D eigenvalue weighted by Crippen LogP contribution is 2.51. The lowest BCUT2D eigenvalue weighted by molar-refractivity contribution is -0.124. The van der Waals surface area contributed by atoms with Gasteiger partial charge in [-0.05, 0) is 53.3 Å². The third-order valence-electron chi connectivity index (χ3n) is 6.09. The van der Waals surface area contributed by atoms with Crippen LogP contribution in [0.5, 0.6) is 11.5 Å². The molecule has 2 N–H and O–H groups in total. The highest BCUT2D eigenvalue weighted by atomic mass is 16.3. The zero-order chi connectivity index (χ0) is 20.3. The average Bonchev–Trinajstić information content (AvgIpc) is 2.67. The lowest BCUT2D eigenvalue weighted by Gasteiger charge is -2.41. The minimum Gasteiger partial charge on any atom is -0.504 e. The fourth-order valence-corrected chi connectivity index (χ4v) is 4.92. The van der Waals surface area contributed by atoms with Crippen LogP contribution in [0, 0.1) is 11.3 Å². The van der Waals surface area contributed by atoms with Crippen molar-refractivity contribution in [3.8, 4) is 11.5 Å². The first-order valence-corrected chi connectivity index (χ1v) is 9.84. The number of phenols is 2. The van der Waals surface area contributed by atoms with Gasteiger partial charge < -0.3 is 10.2 Å². The van der Waals surface area contributed by atoms with Gasteiger partial charge in [-0.2, -0.15) is 0 Å². The maximum absolute atomic E-state index is 13.3. The predicted octanol–water partition coefficient (Wildman–Crippen LogP) is 4.87. The fraction of sp³-hybridized carbons (Fsp3) is 0.292. The summed E-state index contributed by atoms with van der Waals surface area (Å²) in [6.07, 6.45) is 3.01. The number of hydrogen-bond donors (Lipinski definition) is 2. The Morgan fingerprint density at radius 3 is 2.62 bits per heavy atom. The van der Waals surface area contributed by atoms with Crippen LogP contribution in [0.1, 0.15) is 43.7 Å². The molecule has 5 nitrogen and oxygen atoms in total. The molecule has 146 valence electrons. The first-order chi connectivity index (χ1) is 13.8. The van der Waals surface area contributed by atoms with E-state index in [9.17, 15) is 15.0 Å². The molecule has 5 rings (SSSR count). The van der Waals surface area contributed by atoms with Crippen molar-refractivity contribution in [3.63, 3.8) is 0 Å². The smallest absolute Gasteiger partial charge is 0.157 e. The van der Waals surface area contributed by atoms with E-state index >= 15 is 0 Å². The minimum absolute atomic E-state index is 0.121. The second-order valence-electron chi connectivity index (χ2n) is 8.86. The zero-order valence-corrected chi connectivity index (χ0v) is 16.4. The summed E-state index contributed by atoms with van der Waals surface area (Å²) in [4.78, 5) is 22.7. The van der Waals surface area contributed by atoms with Crippen LogP contribution in [0.3, 0.4) is 0 Å². The number of carbonyl (C=O) groups is 1. The molecule has 2 aliphatic rings. The maximum atomic E-state index is 13.3. The van der Waals surface area contributed by atoms with Crippen molar-refractivity contribution in [2.24, 2.45) is 16.3 Å². The molecule has 0 saturated heterocycles. The summed E-state index contributed by atoms with van der Waals surface area (Å²) >= 11 is 0. The monoisotopic (exact) mass is 386 g/mol. The van der Waals surface area contributed by atoms with Crippen molar-refractivity contribution in [1.82, 2.24) is 4.98 Å². The van der Waals surface area contributed by atoms with Crippen molar-refractivity contribution in [2.45, 2.75) is 32.6 Å². The lowest BCUT2D eigenvalue weighted by atomic mass is 9.63. The second kappa shape index (κ2) is 6.14. The third kappa shape index (κ3) is 2.80. The fourth-order valence-electron chi connectivity index (χ4n) is 4.92. The molecule has 1 saturated carbocycles. The van der Waals surface area contributed by atoms with Crippen LogP contribution in [0.25, 0.3) is 10.9 Å². The van der Waals surface area contributed by atoms with Crippen molar-refractivity contribution in [2.75, 3.05) is 0 Å². The standard InChI is InChI=1S/C24H22N2O3/c1-24(2)11-17-23(20(29)12-24)21(13-5-8-18(27)19(28)10-13)22-14-4-3-9-25-15(14)6-7-16(22)26-17/h3-10,21,23,27-28H,11-12H2,1-2H3. The Balaban J connectivity index is 1.82. The number of benzene rings is 2. The molecule has 1 aliphatic carbocycles. The Labute approximate surface area is 168 Å². The van der Waals surface area contributed by atoms with Crippen molar-refractivity contribution in [1.29, 1.82) is 0 Å². The van der Waals surface area contributed by atoms with Crippen LogP contribution in [0.2, 0.25) is 0 Å². The number of ketones is 1. The predicted molar refractivity (Wildman–Crippen MR) is 112 cm³/mol. The summed E-state index contributed by atoms with van der Waals surface area (Å²) in [5.41, 5.74) is 4.23. The number of carbonyl (C=O) groups excluding carboxylic acids is 1. The molecule has 2 aromatic carbocycles. The average molecular weight is 386 g/mol. The van der Waals surface area contributed by atoms with E-state index in [1.165, 1.54) is 6.07 Å². The van der Waals surface area contributed by atoms with E-state index in [0.717, 1.165) is 39.8 Å². The highest BCUT2D eigenvalue weighted by molar-refractivity contribution is 6.12. The van der Waals surface area contributed by atoms with Crippen molar-refractivity contribution in [3.05, 3.63) is 59.8 Å². The van der Waals surface area contributed by atoms with Crippen LogP contribution >= 0.6 is 0 Å². The molecule has 3 aromatic rings. The number of Topliss-reactive ketones (excluding diaryl/α,β-unsaturated/α-hetero) is 1. The molecular weight excluding hydrogens is 364 g/mol. The summed E-state index contributed by atoms with van der Waals surface area (Å²) in [6, 6.07) is 12.7. The number of aromatic nitrogens is 1. The normalized spacial score (nSPS) is 22.7. The molecule has 2 atom stereocenters. The lowest BCUT2D eigenvalue weighted by Crippen LogP contribution is -2.42. The molecule has 2 unspecified atom stereocenters. The van der Waals surface area contributed by atoms with E-state index in [4.69, 9.17) is 4.99 Å². The van der Waals surface area contributed by atoms with Crippen LogP contribution in [-0.4, -0.2) is 26.7 Å². The number of phenolic OH excluding ortho intramolecular Hbond substituents is 2. The second-order valence-corrected chi connectivity index (χ2v) is 8.86. The first-order valence-electron chi connectivity index (χ1n) is 9.84. The van der Waals surface area contributed by atoms with Gasteiger partial charge in [-0.15, -0.1) is 0 Å². The van der Waals surface area contributed by atoms with Gasteiger partial charge in [0.2, 0.25) is 0 Å². The molecule has 0 amide bonds. The van der Waals surface area contributed by atoms with Gasteiger partial charge in [0.25, 0.3) is 0 Å². The van der Waals surface area contributed by atoms with Crippen LogP contribution in [0.4, 0.5) is 5.69 Å². The number of aromatic hydroxyl groups is 2. The van der Waals surface area contributed by atoms with Gasteiger partial charge >= 0.3 is 0 Å². The molecule has 2 heterocycles. The Kier molecular flexibility index (Phi) is 3.78. The number of fused-ring (bicyclic) bond motifs is 4. The van der Waals surface area contributed by atoms with Gasteiger partial charge in [-0.25, -0.2) is 0 Å². The van der Waals surface area contributed by atoms with E-state index in [-0.39, 0.29) is 34.5 Å². The Bertz CT molecular complexity index is 1200. The van der Waals surface area contributed by atoms with E-state index in [2.05, 4.69) is 18.8 Å². The third-order valence-corrected chi connectivity index (χ3v) is 6.09. The molecule has 1 fully saturated rings. The summed E-state index contributed by atoms with van der Waals surface area (Å²) in [6.45, 7) is 4.20. The number of aliphatic imine (C=N–C) groups is 1. The zero-order valence-electron chi connectivity index (χ0n) is 16.4. The van der Waals surface area contributed by atoms with Gasteiger partial charge in [0.05, 0.1) is 17.1 Å². The van der Waals surface area contributed by atoms with Gasteiger partial charge in [0.15, 0.2) is 11.5 Å². The van der Waals surface area contributed by atoms with Crippen molar-refractivity contribution < 1.29 is 15.0 Å². The Morgan fingerprint density at radius 2 is 1.83 bits per heavy atom. The summed E-state index contributed by atoms with van der Waals surface area (Å²) in [5.74, 6) is -0.834. The van der Waals surface area contributed by atoms with Gasteiger partial charge in [0, 0.05) is 29.6 Å². The number of hydrogen-bond acceptors (Lipinski definition) is 5. The SMILES string of the molecule is CC1(C)CC(=O)C2C(=Nc3ccc4ncccc4c3C2c2ccc(O)c(O)c2)C1. The van der Waals surface area contributed by atoms with Gasteiger partial charge in [-0.1, -0.05) is 26.0 Å². The molecule has 1 aromatic heterocycles. The van der Waals surface area contributed by atoms with Crippen molar-refractivity contribution >= 4 is 28.1 Å². The Hall–Kier alpha value is -3.21. The van der Waals surface area contributed by atoms with E-state index in [1.54, 1.807) is 18.3 Å². The van der Waals surface area contributed by atoms with E-state index in [0.29, 0.717) is 6.42 Å². The first kappa shape index (κ1) is 17.9. The topological polar surface area (TPSA) is 82.8 Å². The summed E-state index contributed by atoms with van der Waals surface area (Å²) in [7, 11) is 0. The maximum Gasteiger partial charge on any atom is 0.157 e. The quantitative estimate of drug-likeness (QED) is 0.585. The van der Waals surface area contributed by atoms with E-state index < -0.39 is 0 Å². The van der Waals surface area contributed by atoms with E-state index in [1.807, 2.05) is 24.3 Å². The molecule has 1 aliphatic heterocycles. The number of nitrogens with zero attached hydrogens (tertiary/aromatic N) is 2. The van der Waals surface area contributed by atoms with Gasteiger partial charge in [0.1, 0.15) is 5.78 Å². The van der Waals surface area contributed by atoms with Gasteiger partial charge in [-0.3, -0.25) is 14.8 Å². The highest BCUT2D eigenvalue weighted by Gasteiger charge is 2.46. The number of rotatable bonds is 1. The van der Waals surface area contributed by atoms with Crippen LogP contribution < -0.4 is 0 Å². The molecule has 0 radical (unpaired) electrons. The van der Waals surface area contributed by atoms with Crippen LogP contribution in [-0.2, 0) is 4.79 Å². The van der Waals surface area contributed by atoms with Crippen LogP contribution in [0.15, 0.2) is 53.7 Å². The molecule has 0 spiro atoms. The molecule has 0 bridgehead atoms. The largest absolute Gasteiger partial charge is 0.504 e.